The van der Waals surface area contributed by atoms with Crippen molar-refractivity contribution < 1.29 is 35.3 Å². The van der Waals surface area contributed by atoms with Gasteiger partial charge in [0.25, 0.3) is 0 Å². The smallest absolute Gasteiger partial charge is 0.416 e. The Kier molecular flexibility index (Phi) is 4.66. The van der Waals surface area contributed by atoms with E-state index >= 15 is 0 Å². The molecule has 0 aliphatic rings. The van der Waals surface area contributed by atoms with E-state index in [4.69, 9.17) is 4.18 Å². The Morgan fingerprint density at radius 3 is 2.26 bits per heavy atom. The van der Waals surface area contributed by atoms with Gasteiger partial charge in [0.1, 0.15) is 4.90 Å². The number of alkyl halides is 3. The molecule has 1 aromatic heterocycles. The van der Waals surface area contributed by atoms with Gasteiger partial charge in [-0.25, -0.2) is 4.79 Å². The lowest BCUT2D eigenvalue weighted by Gasteiger charge is -2.09. The maximum absolute atomic E-state index is 12.5. The third-order valence-electron chi connectivity index (χ3n) is 2.67. The molecule has 0 spiro atoms. The molecular formula is C13H9F3O5S2. The zero-order valence-corrected chi connectivity index (χ0v) is 13.1. The van der Waals surface area contributed by atoms with Crippen LogP contribution in [0.4, 0.5) is 13.2 Å². The van der Waals surface area contributed by atoms with Crippen molar-refractivity contribution in [3.63, 3.8) is 0 Å². The van der Waals surface area contributed by atoms with E-state index in [0.717, 1.165) is 30.6 Å². The number of carbonyl (C=O) groups excluding carboxylic acids is 1. The molecule has 0 aliphatic heterocycles. The maximum atomic E-state index is 12.5. The molecule has 0 N–H and O–H groups in total. The summed E-state index contributed by atoms with van der Waals surface area (Å²) in [7, 11) is -3.26. The summed E-state index contributed by atoms with van der Waals surface area (Å²) in [6.45, 7) is 0. The monoisotopic (exact) mass is 366 g/mol. The Morgan fingerprint density at radius 2 is 1.74 bits per heavy atom. The first-order chi connectivity index (χ1) is 10.6. The van der Waals surface area contributed by atoms with E-state index in [1.807, 2.05) is 0 Å². The molecule has 0 radical (unpaired) electrons. The molecular weight excluding hydrogens is 357 g/mol. The van der Waals surface area contributed by atoms with Crippen LogP contribution >= 0.6 is 11.3 Å². The van der Waals surface area contributed by atoms with Gasteiger partial charge < -0.3 is 8.92 Å². The molecule has 124 valence electrons. The molecule has 0 saturated carbocycles. The second kappa shape index (κ2) is 6.20. The largest absolute Gasteiger partial charge is 0.465 e. The van der Waals surface area contributed by atoms with E-state index in [1.165, 1.54) is 11.4 Å². The number of rotatable bonds is 4. The second-order valence-electron chi connectivity index (χ2n) is 4.17. The average Bonchev–Trinajstić information content (AvgIpc) is 2.93. The van der Waals surface area contributed by atoms with Crippen LogP contribution in [-0.4, -0.2) is 21.5 Å². The van der Waals surface area contributed by atoms with Gasteiger partial charge in [-0.05, 0) is 35.7 Å². The minimum atomic E-state index is -4.57. The number of hydrogen-bond acceptors (Lipinski definition) is 6. The number of ether oxygens (including phenoxy) is 1. The van der Waals surface area contributed by atoms with E-state index in [0.29, 0.717) is 12.1 Å². The van der Waals surface area contributed by atoms with Gasteiger partial charge in [0.05, 0.1) is 12.7 Å². The molecule has 2 rings (SSSR count). The normalized spacial score (nSPS) is 12.0. The summed E-state index contributed by atoms with van der Waals surface area (Å²) in [5.41, 5.74) is -0.984. The van der Waals surface area contributed by atoms with Gasteiger partial charge in [-0.1, -0.05) is 0 Å². The van der Waals surface area contributed by atoms with E-state index in [2.05, 4.69) is 4.74 Å². The van der Waals surface area contributed by atoms with Crippen LogP contribution in [0.2, 0.25) is 0 Å². The fourth-order valence-electron chi connectivity index (χ4n) is 1.58. The summed E-state index contributed by atoms with van der Waals surface area (Å²) in [6.07, 6.45) is -4.57. The van der Waals surface area contributed by atoms with E-state index < -0.39 is 32.7 Å². The summed E-state index contributed by atoms with van der Waals surface area (Å²) in [5.74, 6) is -1.03. The van der Waals surface area contributed by atoms with Crippen LogP contribution in [-0.2, 0) is 21.0 Å². The molecule has 10 heteroatoms. The summed E-state index contributed by atoms with van der Waals surface area (Å²) in [6, 6.07) is 4.07. The van der Waals surface area contributed by atoms with Gasteiger partial charge in [0.2, 0.25) is 0 Å². The molecule has 0 saturated heterocycles. The minimum Gasteiger partial charge on any atom is -0.465 e. The highest BCUT2D eigenvalue weighted by Crippen LogP contribution is 2.31. The first-order valence-electron chi connectivity index (χ1n) is 5.92. The molecule has 1 heterocycles. The Balaban J connectivity index is 2.30. The molecule has 0 bridgehead atoms. The van der Waals surface area contributed by atoms with Crippen LogP contribution in [0, 0.1) is 0 Å². The Hall–Kier alpha value is -2.07. The van der Waals surface area contributed by atoms with Crippen molar-refractivity contribution in [1.29, 1.82) is 0 Å². The number of carbonyl (C=O) groups is 1. The SMILES string of the molecule is COC(=O)c1sccc1OS(=O)(=O)c1ccc(C(F)(F)F)cc1. The van der Waals surface area contributed by atoms with Crippen LogP contribution in [0.15, 0.2) is 40.6 Å². The summed E-state index contributed by atoms with van der Waals surface area (Å²) < 4.78 is 70.8. The first-order valence-corrected chi connectivity index (χ1v) is 8.21. The van der Waals surface area contributed by atoms with Crippen molar-refractivity contribution in [3.05, 3.63) is 46.2 Å². The number of hydrogen-bond donors (Lipinski definition) is 0. The minimum absolute atomic E-state index is 0.0667. The summed E-state index contributed by atoms with van der Waals surface area (Å²) in [4.78, 5) is 10.9. The van der Waals surface area contributed by atoms with E-state index in [-0.39, 0.29) is 10.6 Å². The lowest BCUT2D eigenvalue weighted by atomic mass is 10.2. The predicted octanol–water partition coefficient (Wildman–Crippen LogP) is 3.32. The van der Waals surface area contributed by atoms with Gasteiger partial charge in [-0.3, -0.25) is 0 Å². The number of benzene rings is 1. The van der Waals surface area contributed by atoms with Crippen molar-refractivity contribution in [2.24, 2.45) is 0 Å². The first kappa shape index (κ1) is 17.3. The van der Waals surface area contributed by atoms with Crippen LogP contribution in [0.3, 0.4) is 0 Å². The van der Waals surface area contributed by atoms with Gasteiger partial charge in [-0.15, -0.1) is 11.3 Å². The Labute approximate surface area is 133 Å². The zero-order valence-electron chi connectivity index (χ0n) is 11.5. The fourth-order valence-corrected chi connectivity index (χ4v) is 3.31. The standard InChI is InChI=1S/C13H9F3O5S2/c1-20-12(17)11-10(6-7-22-11)21-23(18,19)9-4-2-8(3-5-9)13(14,15)16/h2-7H,1H3. The molecule has 0 atom stereocenters. The number of thiophene rings is 1. The van der Waals surface area contributed by atoms with Crippen LogP contribution < -0.4 is 4.18 Å². The van der Waals surface area contributed by atoms with Gasteiger partial charge in [-0.2, -0.15) is 21.6 Å². The van der Waals surface area contributed by atoms with Crippen molar-refractivity contribution in [2.75, 3.05) is 7.11 Å². The van der Waals surface area contributed by atoms with Crippen molar-refractivity contribution >= 4 is 27.4 Å². The quantitative estimate of drug-likeness (QED) is 0.613. The van der Waals surface area contributed by atoms with Crippen molar-refractivity contribution in [2.45, 2.75) is 11.1 Å². The molecule has 5 nitrogen and oxygen atoms in total. The molecule has 0 unspecified atom stereocenters. The van der Waals surface area contributed by atoms with Crippen LogP contribution in [0.25, 0.3) is 0 Å². The van der Waals surface area contributed by atoms with Gasteiger partial charge in [0.15, 0.2) is 10.6 Å². The van der Waals surface area contributed by atoms with Crippen LogP contribution in [0.1, 0.15) is 15.2 Å². The topological polar surface area (TPSA) is 69.7 Å². The lowest BCUT2D eigenvalue weighted by Crippen LogP contribution is -2.12. The Bertz CT molecular complexity index is 807. The number of halogens is 3. The Morgan fingerprint density at radius 1 is 1.13 bits per heavy atom. The maximum Gasteiger partial charge on any atom is 0.416 e. The van der Waals surface area contributed by atoms with Crippen LogP contribution in [0.5, 0.6) is 5.75 Å². The number of esters is 1. The van der Waals surface area contributed by atoms with Crippen molar-refractivity contribution in [3.8, 4) is 5.75 Å². The van der Waals surface area contributed by atoms with Crippen molar-refractivity contribution in [1.82, 2.24) is 0 Å². The molecule has 0 aliphatic carbocycles. The van der Waals surface area contributed by atoms with E-state index in [1.54, 1.807) is 0 Å². The molecule has 23 heavy (non-hydrogen) atoms. The number of methoxy groups -OCH3 is 1. The lowest BCUT2D eigenvalue weighted by molar-refractivity contribution is -0.137. The molecule has 2 aromatic rings. The highest BCUT2D eigenvalue weighted by molar-refractivity contribution is 7.87. The fraction of sp³-hybridized carbons (Fsp3) is 0.154. The highest BCUT2D eigenvalue weighted by Gasteiger charge is 2.31. The predicted molar refractivity (Wildman–Crippen MR) is 74.9 cm³/mol. The highest BCUT2D eigenvalue weighted by atomic mass is 32.2. The van der Waals surface area contributed by atoms with Gasteiger partial charge in [0, 0.05) is 0 Å². The third kappa shape index (κ3) is 3.82. The molecule has 1 aromatic carbocycles. The van der Waals surface area contributed by atoms with E-state index in [9.17, 15) is 26.4 Å². The zero-order chi connectivity index (χ0) is 17.3. The van der Waals surface area contributed by atoms with Gasteiger partial charge >= 0.3 is 22.3 Å². The average molecular weight is 366 g/mol. The molecule has 0 amide bonds. The summed E-state index contributed by atoms with van der Waals surface area (Å²) >= 11 is 0.911. The summed E-state index contributed by atoms with van der Waals surface area (Å²) in [5, 5.41) is 1.42. The molecule has 0 fully saturated rings. The third-order valence-corrected chi connectivity index (χ3v) is 4.79. The second-order valence-corrected chi connectivity index (χ2v) is 6.63.